The Morgan fingerprint density at radius 1 is 1.17 bits per heavy atom. The van der Waals surface area contributed by atoms with Gasteiger partial charge in [-0.05, 0) is 73.5 Å². The van der Waals surface area contributed by atoms with Gasteiger partial charge in [0.1, 0.15) is 0 Å². The normalized spacial score (nSPS) is 27.5. The van der Waals surface area contributed by atoms with E-state index in [-0.39, 0.29) is 0 Å². The lowest BCUT2D eigenvalue weighted by Gasteiger charge is -2.25. The highest BCUT2D eigenvalue weighted by atomic mass is 16.5. The van der Waals surface area contributed by atoms with Crippen LogP contribution in [0.5, 0.6) is 0 Å². The van der Waals surface area contributed by atoms with Crippen LogP contribution < -0.4 is 5.73 Å². The number of allylic oxidation sites excluding steroid dienone is 1. The van der Waals surface area contributed by atoms with E-state index >= 15 is 0 Å². The van der Waals surface area contributed by atoms with Gasteiger partial charge >= 0.3 is 0 Å². The summed E-state index contributed by atoms with van der Waals surface area (Å²) >= 11 is 0. The summed E-state index contributed by atoms with van der Waals surface area (Å²) in [6, 6.07) is 7.62. The molecule has 0 bridgehead atoms. The van der Waals surface area contributed by atoms with Crippen molar-refractivity contribution in [3.63, 3.8) is 0 Å². The van der Waals surface area contributed by atoms with Crippen LogP contribution in [0, 0.1) is 5.92 Å². The summed E-state index contributed by atoms with van der Waals surface area (Å²) in [5.41, 5.74) is 10.7. The Bertz CT molecular complexity index is 537. The lowest BCUT2D eigenvalue weighted by molar-refractivity contribution is 0.116. The molecular formula is C21H31NO. The molecule has 0 radical (unpaired) electrons. The molecule has 1 fully saturated rings. The summed E-state index contributed by atoms with van der Waals surface area (Å²) in [7, 11) is 0. The largest absolute Gasteiger partial charge is 0.377 e. The van der Waals surface area contributed by atoms with Crippen LogP contribution in [-0.4, -0.2) is 19.3 Å². The lowest BCUT2D eigenvalue weighted by atomic mass is 9.82. The Morgan fingerprint density at radius 3 is 2.87 bits per heavy atom. The zero-order valence-corrected chi connectivity index (χ0v) is 14.5. The van der Waals surface area contributed by atoms with E-state index < -0.39 is 0 Å². The molecule has 0 aliphatic heterocycles. The third kappa shape index (κ3) is 4.45. The third-order valence-electron chi connectivity index (χ3n) is 5.48. The molecule has 2 heteroatoms. The molecule has 0 amide bonds. The maximum absolute atomic E-state index is 6.08. The van der Waals surface area contributed by atoms with E-state index in [1.54, 1.807) is 11.1 Å². The van der Waals surface area contributed by atoms with Crippen molar-refractivity contribution >= 4 is 0 Å². The Labute approximate surface area is 141 Å². The van der Waals surface area contributed by atoms with Crippen LogP contribution in [-0.2, 0) is 17.6 Å². The minimum atomic E-state index is 0.416. The number of hydrogen-bond donors (Lipinski definition) is 1. The second kappa shape index (κ2) is 8.12. The molecule has 0 spiro atoms. The Balaban J connectivity index is 1.54. The summed E-state index contributed by atoms with van der Waals surface area (Å²) in [5, 5.41) is 0. The SMILES string of the molecule is CC/C=C/COCC1CCc2cc(C3CC[C@@H](N)C3)ccc2C1. The third-order valence-corrected chi connectivity index (χ3v) is 5.48. The number of ether oxygens (including phenoxy) is 1. The minimum Gasteiger partial charge on any atom is -0.377 e. The molecule has 1 saturated carbocycles. The average Bonchev–Trinajstić information content (AvgIpc) is 3.00. The van der Waals surface area contributed by atoms with E-state index in [1.165, 1.54) is 44.1 Å². The van der Waals surface area contributed by atoms with Crippen molar-refractivity contribution in [3.8, 4) is 0 Å². The molecule has 2 N–H and O–H groups in total. The van der Waals surface area contributed by atoms with Crippen LogP contribution in [0.3, 0.4) is 0 Å². The van der Waals surface area contributed by atoms with Crippen LogP contribution >= 0.6 is 0 Å². The van der Waals surface area contributed by atoms with Gasteiger partial charge in [-0.15, -0.1) is 0 Å². The fraction of sp³-hybridized carbons (Fsp3) is 0.619. The molecule has 2 unspecified atom stereocenters. The van der Waals surface area contributed by atoms with E-state index in [1.807, 2.05) is 0 Å². The first kappa shape index (κ1) is 16.7. The zero-order valence-electron chi connectivity index (χ0n) is 14.5. The van der Waals surface area contributed by atoms with Crippen molar-refractivity contribution in [3.05, 3.63) is 47.0 Å². The highest BCUT2D eigenvalue weighted by Gasteiger charge is 2.25. The fourth-order valence-corrected chi connectivity index (χ4v) is 4.10. The molecule has 126 valence electrons. The Hall–Kier alpha value is -1.12. The molecule has 1 aromatic rings. The van der Waals surface area contributed by atoms with Gasteiger partial charge in [-0.2, -0.15) is 0 Å². The molecule has 0 heterocycles. The van der Waals surface area contributed by atoms with Crippen molar-refractivity contribution in [2.24, 2.45) is 11.7 Å². The maximum Gasteiger partial charge on any atom is 0.0647 e. The van der Waals surface area contributed by atoms with Gasteiger partial charge in [-0.1, -0.05) is 37.3 Å². The molecule has 23 heavy (non-hydrogen) atoms. The molecule has 3 atom stereocenters. The predicted octanol–water partition coefficient (Wildman–Crippen LogP) is 4.37. The lowest BCUT2D eigenvalue weighted by Crippen LogP contribution is -2.19. The molecule has 3 rings (SSSR count). The second-order valence-electron chi connectivity index (χ2n) is 7.32. The minimum absolute atomic E-state index is 0.416. The molecule has 1 aromatic carbocycles. The highest BCUT2D eigenvalue weighted by Crippen LogP contribution is 2.36. The molecule has 0 aromatic heterocycles. The smallest absolute Gasteiger partial charge is 0.0647 e. The zero-order chi connectivity index (χ0) is 16.1. The highest BCUT2D eigenvalue weighted by molar-refractivity contribution is 5.36. The maximum atomic E-state index is 6.08. The van der Waals surface area contributed by atoms with Crippen molar-refractivity contribution in [2.45, 2.75) is 63.8 Å². The van der Waals surface area contributed by atoms with E-state index in [4.69, 9.17) is 10.5 Å². The summed E-state index contributed by atoms with van der Waals surface area (Å²) < 4.78 is 5.81. The van der Waals surface area contributed by atoms with Crippen molar-refractivity contribution in [1.82, 2.24) is 0 Å². The summed E-state index contributed by atoms with van der Waals surface area (Å²) in [4.78, 5) is 0. The van der Waals surface area contributed by atoms with Gasteiger partial charge in [0.2, 0.25) is 0 Å². The number of benzene rings is 1. The quantitative estimate of drug-likeness (QED) is 0.625. The number of aryl methyl sites for hydroxylation is 1. The molecule has 0 saturated heterocycles. The van der Waals surface area contributed by atoms with Gasteiger partial charge in [0.25, 0.3) is 0 Å². The number of nitrogens with two attached hydrogens (primary N) is 1. The van der Waals surface area contributed by atoms with Crippen LogP contribution in [0.25, 0.3) is 0 Å². The van der Waals surface area contributed by atoms with Crippen LogP contribution in [0.1, 0.15) is 61.6 Å². The first-order chi connectivity index (χ1) is 11.3. The first-order valence-electron chi connectivity index (χ1n) is 9.36. The number of hydrogen-bond acceptors (Lipinski definition) is 2. The Kier molecular flexibility index (Phi) is 5.91. The molecule has 2 aliphatic carbocycles. The average molecular weight is 313 g/mol. The number of rotatable bonds is 6. The summed E-state index contributed by atoms with van der Waals surface area (Å²) in [6.45, 7) is 3.81. The first-order valence-corrected chi connectivity index (χ1v) is 9.36. The van der Waals surface area contributed by atoms with Crippen LogP contribution in [0.4, 0.5) is 0 Å². The molecular weight excluding hydrogens is 282 g/mol. The van der Waals surface area contributed by atoms with Gasteiger partial charge < -0.3 is 10.5 Å². The van der Waals surface area contributed by atoms with Gasteiger partial charge in [0.05, 0.1) is 13.2 Å². The van der Waals surface area contributed by atoms with Crippen molar-refractivity contribution < 1.29 is 4.74 Å². The van der Waals surface area contributed by atoms with Crippen molar-refractivity contribution in [2.75, 3.05) is 13.2 Å². The van der Waals surface area contributed by atoms with Gasteiger partial charge in [0.15, 0.2) is 0 Å². The number of fused-ring (bicyclic) bond motifs is 1. The van der Waals surface area contributed by atoms with E-state index in [0.717, 1.165) is 19.6 Å². The van der Waals surface area contributed by atoms with Gasteiger partial charge in [-0.25, -0.2) is 0 Å². The van der Waals surface area contributed by atoms with E-state index in [0.29, 0.717) is 17.9 Å². The topological polar surface area (TPSA) is 35.2 Å². The van der Waals surface area contributed by atoms with Crippen molar-refractivity contribution in [1.29, 1.82) is 0 Å². The van der Waals surface area contributed by atoms with Crippen LogP contribution in [0.15, 0.2) is 30.4 Å². The summed E-state index contributed by atoms with van der Waals surface area (Å²) in [6.07, 6.45) is 12.7. The molecule has 2 aliphatic rings. The second-order valence-corrected chi connectivity index (χ2v) is 7.32. The van der Waals surface area contributed by atoms with E-state index in [2.05, 4.69) is 37.3 Å². The fourth-order valence-electron chi connectivity index (χ4n) is 4.10. The Morgan fingerprint density at radius 2 is 2.09 bits per heavy atom. The van der Waals surface area contributed by atoms with Gasteiger partial charge in [-0.3, -0.25) is 0 Å². The standard InChI is InChI=1S/C21H31NO/c1-2-3-4-11-23-15-16-5-6-18-13-19(8-7-17(18)12-16)20-9-10-21(22)14-20/h3-4,7-8,13,16,20-21H,2,5-6,9-12,14-15,22H2,1H3/b4-3+/t16?,20?,21-/m1/s1. The monoisotopic (exact) mass is 313 g/mol. The molecule has 2 nitrogen and oxygen atoms in total. The predicted molar refractivity (Wildman–Crippen MR) is 96.8 cm³/mol. The van der Waals surface area contributed by atoms with Crippen LogP contribution in [0.2, 0.25) is 0 Å². The van der Waals surface area contributed by atoms with Gasteiger partial charge in [0, 0.05) is 6.04 Å². The summed E-state index contributed by atoms with van der Waals surface area (Å²) in [5.74, 6) is 1.38. The van der Waals surface area contributed by atoms with E-state index in [9.17, 15) is 0 Å².